The van der Waals surface area contributed by atoms with Crippen LogP contribution < -0.4 is 26.0 Å². The monoisotopic (exact) mass is 513 g/mol. The number of allylic oxidation sites excluding steroid dienone is 1. The lowest BCUT2D eigenvalue weighted by Gasteiger charge is -2.15. The molecule has 2 N–H and O–H groups in total. The molecule has 1 atom stereocenters. The number of fused-ring (bicyclic) bond motifs is 1. The summed E-state index contributed by atoms with van der Waals surface area (Å²) in [6.45, 7) is 1.92. The number of aliphatic hydroxyl groups excluding tert-OH is 1. The van der Waals surface area contributed by atoms with Crippen LogP contribution in [0.15, 0.2) is 45.0 Å². The van der Waals surface area contributed by atoms with Crippen molar-refractivity contribution in [1.82, 2.24) is 24.0 Å². The molecular formula is C21H22F3N5O5S. The van der Waals surface area contributed by atoms with Crippen molar-refractivity contribution in [3.63, 3.8) is 0 Å². The highest BCUT2D eigenvalue weighted by Gasteiger charge is 2.31. The van der Waals surface area contributed by atoms with Crippen LogP contribution in [0, 0.1) is 0 Å². The first kappa shape index (κ1) is 24.7. The molecule has 2 aromatic heterocycles. The van der Waals surface area contributed by atoms with Crippen LogP contribution in [-0.4, -0.2) is 42.1 Å². The zero-order valence-corrected chi connectivity index (χ0v) is 19.5. The van der Waals surface area contributed by atoms with Crippen molar-refractivity contribution in [2.24, 2.45) is 7.05 Å². The lowest BCUT2D eigenvalue weighted by Crippen LogP contribution is -2.40. The number of aromatic nitrogens is 4. The Morgan fingerprint density at radius 3 is 2.63 bits per heavy atom. The summed E-state index contributed by atoms with van der Waals surface area (Å²) in [6, 6.07) is 4.83. The van der Waals surface area contributed by atoms with Gasteiger partial charge in [-0.3, -0.25) is 18.5 Å². The number of thioether (sulfide) groups is 1. The molecule has 4 rings (SSSR count). The Labute approximate surface area is 200 Å². The van der Waals surface area contributed by atoms with Crippen molar-refractivity contribution in [3.8, 4) is 17.5 Å². The maximum atomic E-state index is 13.3. The molecule has 3 heterocycles. The fourth-order valence-corrected chi connectivity index (χ4v) is 4.57. The topological polar surface area (TPSA) is 113 Å². The van der Waals surface area contributed by atoms with Crippen molar-refractivity contribution < 1.29 is 27.8 Å². The number of aryl methyl sites for hydroxylation is 1. The predicted molar refractivity (Wildman–Crippen MR) is 122 cm³/mol. The van der Waals surface area contributed by atoms with Crippen LogP contribution >= 0.6 is 11.8 Å². The predicted octanol–water partition coefficient (Wildman–Crippen LogP) is 2.49. The molecular weight excluding hydrogens is 491 g/mol. The van der Waals surface area contributed by atoms with Gasteiger partial charge >= 0.3 is 18.1 Å². The van der Waals surface area contributed by atoms with Crippen LogP contribution in [0.5, 0.6) is 17.5 Å². The molecule has 0 saturated heterocycles. The number of ether oxygens (including phenoxy) is 2. The minimum atomic E-state index is -4.88. The highest BCUT2D eigenvalue weighted by Crippen LogP contribution is 2.32. The molecule has 0 amide bonds. The van der Waals surface area contributed by atoms with Crippen LogP contribution in [0.25, 0.3) is 11.2 Å². The Balaban J connectivity index is 1.82. The molecule has 1 aliphatic rings. The Bertz CT molecular complexity index is 1390. The van der Waals surface area contributed by atoms with Gasteiger partial charge in [-0.05, 0) is 30.4 Å². The number of nitrogens with one attached hydrogen (secondary N) is 1. The molecule has 14 heteroatoms. The van der Waals surface area contributed by atoms with Gasteiger partial charge in [0.15, 0.2) is 11.2 Å². The van der Waals surface area contributed by atoms with Gasteiger partial charge in [-0.25, -0.2) is 4.79 Å². The quantitative estimate of drug-likeness (QED) is 0.473. The number of halogens is 3. The molecule has 10 nitrogen and oxygen atoms in total. The molecule has 3 aromatic rings. The molecule has 0 aliphatic carbocycles. The van der Waals surface area contributed by atoms with E-state index < -0.39 is 23.4 Å². The maximum Gasteiger partial charge on any atom is 0.573 e. The maximum absolute atomic E-state index is 13.3. The second-order valence-electron chi connectivity index (χ2n) is 7.71. The molecule has 188 valence electrons. The molecule has 0 spiro atoms. The van der Waals surface area contributed by atoms with E-state index in [-0.39, 0.29) is 54.4 Å². The van der Waals surface area contributed by atoms with Crippen LogP contribution in [0.1, 0.15) is 13.3 Å². The van der Waals surface area contributed by atoms with Crippen molar-refractivity contribution in [2.45, 2.75) is 38.2 Å². The first-order chi connectivity index (χ1) is 16.6. The minimum absolute atomic E-state index is 0.00440. The Morgan fingerprint density at radius 1 is 1.23 bits per heavy atom. The number of hydrogen-bond acceptors (Lipinski definition) is 8. The third-order valence-electron chi connectivity index (χ3n) is 5.13. The van der Waals surface area contributed by atoms with Gasteiger partial charge in [-0.2, -0.15) is 4.98 Å². The van der Waals surface area contributed by atoms with E-state index in [9.17, 15) is 22.8 Å². The van der Waals surface area contributed by atoms with Crippen molar-refractivity contribution in [3.05, 3.63) is 56.2 Å². The van der Waals surface area contributed by atoms with Gasteiger partial charge in [0.05, 0.1) is 11.9 Å². The first-order valence-corrected chi connectivity index (χ1v) is 11.4. The van der Waals surface area contributed by atoms with Gasteiger partial charge in [-0.1, -0.05) is 6.07 Å². The zero-order valence-electron chi connectivity index (χ0n) is 18.7. The smallest absolute Gasteiger partial charge is 0.425 e. The van der Waals surface area contributed by atoms with Gasteiger partial charge in [0.2, 0.25) is 0 Å². The Hall–Kier alpha value is -3.39. The number of aliphatic hydroxyl groups is 1. The van der Waals surface area contributed by atoms with Gasteiger partial charge in [-0.15, -0.1) is 24.9 Å². The summed E-state index contributed by atoms with van der Waals surface area (Å²) in [7, 11) is 1.45. The highest BCUT2D eigenvalue weighted by molar-refractivity contribution is 8.03. The fraction of sp³-hybridized carbons (Fsp3) is 0.381. The number of nitrogens with zero attached hydrogens (tertiary/aromatic N) is 4. The van der Waals surface area contributed by atoms with E-state index in [4.69, 9.17) is 9.84 Å². The normalized spacial score (nSPS) is 15.8. The fourth-order valence-electron chi connectivity index (χ4n) is 3.62. The Morgan fingerprint density at radius 2 is 1.97 bits per heavy atom. The number of hydrogen-bond donors (Lipinski definition) is 2. The van der Waals surface area contributed by atoms with Crippen LogP contribution in [0.4, 0.5) is 13.2 Å². The van der Waals surface area contributed by atoms with E-state index >= 15 is 0 Å². The largest absolute Gasteiger partial charge is 0.573 e. The summed E-state index contributed by atoms with van der Waals surface area (Å²) < 4.78 is 51.4. The molecule has 1 aliphatic heterocycles. The molecule has 0 radical (unpaired) electrons. The van der Waals surface area contributed by atoms with Crippen LogP contribution in [-0.2, 0) is 20.1 Å². The molecule has 35 heavy (non-hydrogen) atoms. The molecule has 1 aromatic carbocycles. The molecule has 0 fully saturated rings. The zero-order chi connectivity index (χ0) is 25.3. The highest BCUT2D eigenvalue weighted by atomic mass is 32.2. The van der Waals surface area contributed by atoms with Crippen LogP contribution in [0.2, 0.25) is 0 Å². The van der Waals surface area contributed by atoms with E-state index in [0.29, 0.717) is 0 Å². The molecule has 0 bridgehead atoms. The summed E-state index contributed by atoms with van der Waals surface area (Å²) in [6.07, 6.45) is -2.85. The average molecular weight is 513 g/mol. The van der Waals surface area contributed by atoms with E-state index in [1.807, 2.05) is 13.1 Å². The molecule has 1 unspecified atom stereocenters. The van der Waals surface area contributed by atoms with Gasteiger partial charge < -0.3 is 19.9 Å². The number of alkyl halides is 3. The van der Waals surface area contributed by atoms with Gasteiger partial charge in [0.25, 0.3) is 5.56 Å². The third kappa shape index (κ3) is 5.32. The summed E-state index contributed by atoms with van der Waals surface area (Å²) in [5.74, 6) is -0.487. The van der Waals surface area contributed by atoms with E-state index in [2.05, 4.69) is 15.0 Å². The third-order valence-corrected chi connectivity index (χ3v) is 6.19. The summed E-state index contributed by atoms with van der Waals surface area (Å²) in [5, 5.41) is 12.2. The Kier molecular flexibility index (Phi) is 6.85. The molecule has 0 saturated carbocycles. The lowest BCUT2D eigenvalue weighted by molar-refractivity contribution is -0.274. The van der Waals surface area contributed by atoms with E-state index in [1.54, 1.807) is 0 Å². The number of rotatable bonds is 8. The van der Waals surface area contributed by atoms with E-state index in [0.717, 1.165) is 21.6 Å². The van der Waals surface area contributed by atoms with Gasteiger partial charge in [0.1, 0.15) is 11.5 Å². The second kappa shape index (κ2) is 9.70. The number of benzene rings is 1. The summed E-state index contributed by atoms with van der Waals surface area (Å²) in [5.41, 5.74) is -1.07. The average Bonchev–Trinajstić information content (AvgIpc) is 3.35. The first-order valence-electron chi connectivity index (χ1n) is 10.5. The van der Waals surface area contributed by atoms with Crippen LogP contribution in [0.3, 0.4) is 0 Å². The van der Waals surface area contributed by atoms with Crippen molar-refractivity contribution in [1.29, 1.82) is 0 Å². The van der Waals surface area contributed by atoms with Crippen molar-refractivity contribution in [2.75, 3.05) is 6.61 Å². The summed E-state index contributed by atoms with van der Waals surface area (Å²) >= 11 is 1.52. The number of imidazole rings is 1. The standard InChI is InChI=1S/C21H22F3N5O5S/c1-12-10-25-15(35-12)11-29-16-17(27(2)20(32)28(18(16)31)7-4-8-30)26-19(29)33-13-5-3-6-14(9-13)34-21(22,23)24/h3,5-6,9-10,15,25,30H,4,7-8,11H2,1-2H3. The minimum Gasteiger partial charge on any atom is -0.425 e. The SMILES string of the molecule is CC1=CNC(Cn2c(Oc3cccc(OC(F)(F)F)c3)nc3c2c(=O)n(CCCO)c(=O)n3C)S1. The van der Waals surface area contributed by atoms with Gasteiger partial charge in [0, 0.05) is 32.5 Å². The van der Waals surface area contributed by atoms with E-state index in [1.165, 1.54) is 40.1 Å². The lowest BCUT2D eigenvalue weighted by atomic mass is 10.3. The van der Waals surface area contributed by atoms with Crippen molar-refractivity contribution >= 4 is 22.9 Å². The summed E-state index contributed by atoms with van der Waals surface area (Å²) in [4.78, 5) is 31.4. The second-order valence-corrected chi connectivity index (χ2v) is 9.15.